The Bertz CT molecular complexity index is 863. The lowest BCUT2D eigenvalue weighted by atomic mass is 10.2. The van der Waals surface area contributed by atoms with E-state index < -0.39 is 10.0 Å². The number of carbonyl (C=O) groups is 1. The number of carbonyl (C=O) groups excluding carboxylic acids is 1. The Kier molecular flexibility index (Phi) is 4.25. The summed E-state index contributed by atoms with van der Waals surface area (Å²) in [5.74, 6) is 1.10. The molecule has 128 valence electrons. The number of ether oxygens (including phenoxy) is 2. The van der Waals surface area contributed by atoms with Crippen LogP contribution in [0, 0.1) is 0 Å². The molecule has 0 saturated heterocycles. The number of anilines is 1. The number of rotatable bonds is 6. The van der Waals surface area contributed by atoms with Crippen molar-refractivity contribution in [2.24, 2.45) is 0 Å². The van der Waals surface area contributed by atoms with E-state index in [-0.39, 0.29) is 25.1 Å². The molecule has 0 spiro atoms. The second-order valence-electron chi connectivity index (χ2n) is 5.14. The monoisotopic (exact) mass is 353 g/mol. The number of hydrogen-bond donors (Lipinski definition) is 2. The first-order chi connectivity index (χ1) is 11.4. The molecule has 1 aromatic heterocycles. The molecular formula is C13H15N5O5S. The van der Waals surface area contributed by atoms with E-state index in [0.29, 0.717) is 18.0 Å². The van der Waals surface area contributed by atoms with Crippen LogP contribution in [0.25, 0.3) is 0 Å². The van der Waals surface area contributed by atoms with E-state index in [1.165, 1.54) is 10.9 Å². The van der Waals surface area contributed by atoms with Crippen LogP contribution in [0.2, 0.25) is 0 Å². The third-order valence-corrected chi connectivity index (χ3v) is 3.64. The van der Waals surface area contributed by atoms with Crippen LogP contribution in [0.5, 0.6) is 11.5 Å². The third kappa shape index (κ3) is 4.13. The first-order valence-electron chi connectivity index (χ1n) is 6.92. The largest absolute Gasteiger partial charge is 0.454 e. The Morgan fingerprint density at radius 3 is 2.92 bits per heavy atom. The highest BCUT2D eigenvalue weighted by atomic mass is 32.2. The van der Waals surface area contributed by atoms with Crippen LogP contribution < -0.4 is 19.5 Å². The summed E-state index contributed by atoms with van der Waals surface area (Å²) in [7, 11) is -3.43. The van der Waals surface area contributed by atoms with Gasteiger partial charge in [-0.25, -0.2) is 13.1 Å². The molecule has 0 aliphatic carbocycles. The molecule has 24 heavy (non-hydrogen) atoms. The second kappa shape index (κ2) is 6.35. The van der Waals surface area contributed by atoms with E-state index in [0.717, 1.165) is 11.8 Å². The van der Waals surface area contributed by atoms with Crippen molar-refractivity contribution < 1.29 is 22.7 Å². The Labute approximate surface area is 137 Å². The van der Waals surface area contributed by atoms with Crippen molar-refractivity contribution in [3.05, 3.63) is 30.0 Å². The van der Waals surface area contributed by atoms with Gasteiger partial charge in [0.25, 0.3) is 0 Å². The zero-order valence-electron chi connectivity index (χ0n) is 12.7. The quantitative estimate of drug-likeness (QED) is 0.730. The van der Waals surface area contributed by atoms with E-state index in [1.807, 2.05) is 6.07 Å². The molecule has 0 radical (unpaired) electrons. The van der Waals surface area contributed by atoms with E-state index in [9.17, 15) is 13.2 Å². The number of sulfonamides is 1. The van der Waals surface area contributed by atoms with Crippen LogP contribution >= 0.6 is 0 Å². The highest BCUT2D eigenvalue weighted by Gasteiger charge is 2.14. The number of aromatic nitrogens is 3. The first-order valence-corrected chi connectivity index (χ1v) is 8.81. The van der Waals surface area contributed by atoms with Crippen molar-refractivity contribution >= 4 is 21.7 Å². The minimum absolute atomic E-state index is 0.0565. The maximum atomic E-state index is 11.9. The number of amides is 1. The SMILES string of the molecule is CS(=O)(=O)Nc1cn(CC(=O)NCc2ccc3c(c2)OCO3)nn1. The average Bonchev–Trinajstić information content (AvgIpc) is 3.12. The second-order valence-corrected chi connectivity index (χ2v) is 6.89. The van der Waals surface area contributed by atoms with Gasteiger partial charge in [0.1, 0.15) is 6.54 Å². The minimum atomic E-state index is -3.43. The number of nitrogens with one attached hydrogen (secondary N) is 2. The van der Waals surface area contributed by atoms with Gasteiger partial charge in [-0.2, -0.15) is 0 Å². The number of nitrogens with zero attached hydrogens (tertiary/aromatic N) is 3. The molecule has 0 fully saturated rings. The molecule has 1 aliphatic rings. The average molecular weight is 353 g/mol. The molecule has 1 aliphatic heterocycles. The molecule has 0 unspecified atom stereocenters. The van der Waals surface area contributed by atoms with E-state index >= 15 is 0 Å². The standard InChI is InChI=1S/C13H15N5O5S/c1-24(20,21)16-12-6-18(17-15-12)7-13(19)14-5-9-2-3-10-11(4-9)23-8-22-10/h2-4,6,16H,5,7-8H2,1H3,(H,14,19). The van der Waals surface area contributed by atoms with Gasteiger partial charge in [0, 0.05) is 6.54 Å². The van der Waals surface area contributed by atoms with Crippen molar-refractivity contribution in [2.75, 3.05) is 17.8 Å². The Morgan fingerprint density at radius 1 is 1.33 bits per heavy atom. The Morgan fingerprint density at radius 2 is 2.12 bits per heavy atom. The summed E-state index contributed by atoms with van der Waals surface area (Å²) in [6, 6.07) is 5.41. The molecule has 11 heteroatoms. The molecule has 1 aromatic carbocycles. The molecular weight excluding hydrogens is 338 g/mol. The molecule has 1 amide bonds. The molecule has 0 bridgehead atoms. The summed E-state index contributed by atoms with van der Waals surface area (Å²) < 4.78 is 36.1. The predicted octanol–water partition coefficient (Wildman–Crippen LogP) is -0.305. The zero-order chi connectivity index (χ0) is 17.2. The van der Waals surface area contributed by atoms with Crippen LogP contribution in [0.4, 0.5) is 5.82 Å². The van der Waals surface area contributed by atoms with Crippen molar-refractivity contribution in [2.45, 2.75) is 13.1 Å². The van der Waals surface area contributed by atoms with E-state index in [4.69, 9.17) is 9.47 Å². The van der Waals surface area contributed by atoms with Gasteiger partial charge in [0.15, 0.2) is 17.3 Å². The fourth-order valence-electron chi connectivity index (χ4n) is 2.07. The van der Waals surface area contributed by atoms with Gasteiger partial charge in [-0.1, -0.05) is 11.3 Å². The van der Waals surface area contributed by atoms with Crippen LogP contribution in [0.3, 0.4) is 0 Å². The van der Waals surface area contributed by atoms with Crippen molar-refractivity contribution in [3.63, 3.8) is 0 Å². The third-order valence-electron chi connectivity index (χ3n) is 3.06. The summed E-state index contributed by atoms with van der Waals surface area (Å²) in [4.78, 5) is 11.9. The molecule has 0 atom stereocenters. The Hall–Kier alpha value is -2.82. The van der Waals surface area contributed by atoms with Crippen molar-refractivity contribution in [3.8, 4) is 11.5 Å². The van der Waals surface area contributed by atoms with Crippen molar-refractivity contribution in [1.82, 2.24) is 20.3 Å². The first kappa shape index (κ1) is 16.1. The number of benzene rings is 1. The fraction of sp³-hybridized carbons (Fsp3) is 0.308. The van der Waals surface area contributed by atoms with Crippen LogP contribution in [-0.4, -0.2) is 42.4 Å². The summed E-state index contributed by atoms with van der Waals surface area (Å²) in [6.07, 6.45) is 2.34. The number of fused-ring (bicyclic) bond motifs is 1. The molecule has 2 heterocycles. The van der Waals surface area contributed by atoms with Gasteiger partial charge in [-0.15, -0.1) is 5.10 Å². The summed E-state index contributed by atoms with van der Waals surface area (Å²) in [6.45, 7) is 0.433. The molecule has 3 rings (SSSR count). The molecule has 2 aromatic rings. The van der Waals surface area contributed by atoms with Crippen LogP contribution in [0.1, 0.15) is 5.56 Å². The number of hydrogen-bond acceptors (Lipinski definition) is 7. The lowest BCUT2D eigenvalue weighted by Gasteiger charge is -2.06. The van der Waals surface area contributed by atoms with Crippen LogP contribution in [-0.2, 0) is 27.9 Å². The minimum Gasteiger partial charge on any atom is -0.454 e. The summed E-state index contributed by atoms with van der Waals surface area (Å²) in [5, 5.41) is 10.0. The smallest absolute Gasteiger partial charge is 0.242 e. The lowest BCUT2D eigenvalue weighted by molar-refractivity contribution is -0.122. The molecule has 2 N–H and O–H groups in total. The van der Waals surface area contributed by atoms with Gasteiger partial charge in [-0.05, 0) is 17.7 Å². The van der Waals surface area contributed by atoms with Crippen LogP contribution in [0.15, 0.2) is 24.4 Å². The van der Waals surface area contributed by atoms with E-state index in [1.54, 1.807) is 12.1 Å². The molecule has 10 nitrogen and oxygen atoms in total. The highest BCUT2D eigenvalue weighted by molar-refractivity contribution is 7.92. The van der Waals surface area contributed by atoms with Gasteiger partial charge in [0.05, 0.1) is 12.5 Å². The normalized spacial score (nSPS) is 12.9. The predicted molar refractivity (Wildman–Crippen MR) is 82.9 cm³/mol. The fourth-order valence-corrected chi connectivity index (χ4v) is 2.54. The van der Waals surface area contributed by atoms with Gasteiger partial charge < -0.3 is 14.8 Å². The van der Waals surface area contributed by atoms with Crippen molar-refractivity contribution in [1.29, 1.82) is 0 Å². The Balaban J connectivity index is 1.52. The summed E-state index contributed by atoms with van der Waals surface area (Å²) in [5.41, 5.74) is 0.866. The molecule has 0 saturated carbocycles. The summed E-state index contributed by atoms with van der Waals surface area (Å²) >= 11 is 0. The van der Waals surface area contributed by atoms with E-state index in [2.05, 4.69) is 20.4 Å². The lowest BCUT2D eigenvalue weighted by Crippen LogP contribution is -2.27. The van der Waals surface area contributed by atoms with Gasteiger partial charge in [0.2, 0.25) is 22.7 Å². The zero-order valence-corrected chi connectivity index (χ0v) is 13.5. The van der Waals surface area contributed by atoms with Gasteiger partial charge in [-0.3, -0.25) is 9.52 Å². The van der Waals surface area contributed by atoms with Gasteiger partial charge >= 0.3 is 0 Å². The maximum absolute atomic E-state index is 11.9. The topological polar surface area (TPSA) is 124 Å². The highest BCUT2D eigenvalue weighted by Crippen LogP contribution is 2.32. The maximum Gasteiger partial charge on any atom is 0.242 e.